The molecular formula is C23H28N2O6S. The Labute approximate surface area is 188 Å². The molecule has 0 bridgehead atoms. The number of ether oxygens (including phenoxy) is 2. The van der Waals surface area contributed by atoms with Gasteiger partial charge in [0, 0.05) is 31.7 Å². The van der Waals surface area contributed by atoms with Crippen molar-refractivity contribution in [3.8, 4) is 0 Å². The zero-order chi connectivity index (χ0) is 23.1. The molecule has 1 aliphatic rings. The first-order valence-corrected chi connectivity index (χ1v) is 11.9. The first-order valence-electron chi connectivity index (χ1n) is 10.4. The predicted octanol–water partition coefficient (Wildman–Crippen LogP) is 2.22. The molecule has 1 heterocycles. The smallest absolute Gasteiger partial charge is 0.307 e. The summed E-state index contributed by atoms with van der Waals surface area (Å²) in [7, 11) is -2.45. The minimum absolute atomic E-state index is 0.0415. The largest absolute Gasteiger partial charge is 0.469 e. The summed E-state index contributed by atoms with van der Waals surface area (Å²) < 4.78 is 37.7. The molecule has 2 aromatic carbocycles. The fourth-order valence-electron chi connectivity index (χ4n) is 3.50. The van der Waals surface area contributed by atoms with Crippen molar-refractivity contribution >= 4 is 21.9 Å². The van der Waals surface area contributed by atoms with Gasteiger partial charge >= 0.3 is 5.97 Å². The fourth-order valence-corrected chi connectivity index (χ4v) is 5.16. The first-order chi connectivity index (χ1) is 15.3. The third-order valence-corrected chi connectivity index (χ3v) is 7.38. The molecule has 1 fully saturated rings. The summed E-state index contributed by atoms with van der Waals surface area (Å²) in [5, 5.41) is 0. The number of hydrogen-bond donors (Lipinski definition) is 0. The number of esters is 1. The van der Waals surface area contributed by atoms with E-state index in [-0.39, 0.29) is 49.0 Å². The molecule has 0 spiro atoms. The number of amides is 1. The van der Waals surface area contributed by atoms with E-state index in [1.54, 1.807) is 19.1 Å². The molecule has 0 radical (unpaired) electrons. The van der Waals surface area contributed by atoms with Crippen LogP contribution in [0, 0.1) is 6.92 Å². The molecule has 0 saturated carbocycles. The lowest BCUT2D eigenvalue weighted by atomic mass is 10.1. The number of rotatable bonds is 8. The summed E-state index contributed by atoms with van der Waals surface area (Å²) in [6, 6.07) is 14.1. The topological polar surface area (TPSA) is 93.2 Å². The van der Waals surface area contributed by atoms with Gasteiger partial charge < -0.3 is 14.4 Å². The van der Waals surface area contributed by atoms with Crippen LogP contribution in [0.2, 0.25) is 0 Å². The van der Waals surface area contributed by atoms with Gasteiger partial charge in [-0.05, 0) is 30.2 Å². The summed E-state index contributed by atoms with van der Waals surface area (Å²) in [4.78, 5) is 26.7. The van der Waals surface area contributed by atoms with Crippen LogP contribution >= 0.6 is 0 Å². The standard InChI is InChI=1S/C23H28N2O6S/c1-18-8-9-20(16-21(18)32(28,29)25-12-14-31-15-13-25)23(27)24(11-10-22(26)30-2)17-19-6-4-3-5-7-19/h3-9,16H,10-15,17H2,1-2H3. The number of sulfonamides is 1. The number of morpholine rings is 1. The molecule has 1 amide bonds. The van der Waals surface area contributed by atoms with Crippen LogP contribution in [0.15, 0.2) is 53.4 Å². The molecule has 0 N–H and O–H groups in total. The van der Waals surface area contributed by atoms with Crippen LogP contribution in [-0.2, 0) is 30.8 Å². The highest BCUT2D eigenvalue weighted by Gasteiger charge is 2.29. The summed E-state index contributed by atoms with van der Waals surface area (Å²) >= 11 is 0. The number of nitrogens with zero attached hydrogens (tertiary/aromatic N) is 2. The highest BCUT2D eigenvalue weighted by atomic mass is 32.2. The van der Waals surface area contributed by atoms with Crippen molar-refractivity contribution in [1.29, 1.82) is 0 Å². The quantitative estimate of drug-likeness (QED) is 0.561. The lowest BCUT2D eigenvalue weighted by Gasteiger charge is -2.27. The molecule has 172 valence electrons. The maximum Gasteiger partial charge on any atom is 0.307 e. The first kappa shape index (κ1) is 23.9. The van der Waals surface area contributed by atoms with Crippen molar-refractivity contribution in [3.05, 3.63) is 65.2 Å². The summed E-state index contributed by atoms with van der Waals surface area (Å²) in [5.41, 5.74) is 1.72. The number of methoxy groups -OCH3 is 1. The van der Waals surface area contributed by atoms with Crippen molar-refractivity contribution in [3.63, 3.8) is 0 Å². The Morgan fingerprint density at radius 3 is 2.44 bits per heavy atom. The van der Waals surface area contributed by atoms with Crippen molar-refractivity contribution in [1.82, 2.24) is 9.21 Å². The normalized spacial score (nSPS) is 14.7. The monoisotopic (exact) mass is 460 g/mol. The van der Waals surface area contributed by atoms with Gasteiger partial charge in [0.05, 0.1) is 31.6 Å². The molecule has 8 nitrogen and oxygen atoms in total. The highest BCUT2D eigenvalue weighted by Crippen LogP contribution is 2.23. The molecule has 0 aliphatic carbocycles. The second-order valence-corrected chi connectivity index (χ2v) is 9.44. The minimum Gasteiger partial charge on any atom is -0.469 e. The average Bonchev–Trinajstić information content (AvgIpc) is 2.82. The molecule has 3 rings (SSSR count). The van der Waals surface area contributed by atoms with E-state index in [1.165, 1.54) is 22.4 Å². The van der Waals surface area contributed by atoms with Crippen LogP contribution in [0.4, 0.5) is 0 Å². The Morgan fingerprint density at radius 2 is 1.78 bits per heavy atom. The maximum atomic E-state index is 13.4. The number of carbonyl (C=O) groups is 2. The van der Waals surface area contributed by atoms with Crippen molar-refractivity contribution in [2.24, 2.45) is 0 Å². The third-order valence-electron chi connectivity index (χ3n) is 5.34. The SMILES string of the molecule is COC(=O)CCN(Cc1ccccc1)C(=O)c1ccc(C)c(S(=O)(=O)N2CCOCC2)c1. The van der Waals surface area contributed by atoms with Crippen molar-refractivity contribution in [2.75, 3.05) is 40.0 Å². The van der Waals surface area contributed by atoms with Gasteiger partial charge in [0.2, 0.25) is 10.0 Å². The lowest BCUT2D eigenvalue weighted by Crippen LogP contribution is -2.41. The molecular weight excluding hydrogens is 432 g/mol. The van der Waals surface area contributed by atoms with Crippen LogP contribution in [0.25, 0.3) is 0 Å². The van der Waals surface area contributed by atoms with Gasteiger partial charge in [-0.1, -0.05) is 36.4 Å². The zero-order valence-electron chi connectivity index (χ0n) is 18.3. The van der Waals surface area contributed by atoms with Crippen LogP contribution in [0.5, 0.6) is 0 Å². The third kappa shape index (κ3) is 5.73. The maximum absolute atomic E-state index is 13.4. The molecule has 1 aliphatic heterocycles. The summed E-state index contributed by atoms with van der Waals surface area (Å²) in [6.07, 6.45) is 0.0415. The van der Waals surface area contributed by atoms with Crippen molar-refractivity contribution in [2.45, 2.75) is 24.8 Å². The number of carbonyl (C=O) groups excluding carboxylic acids is 2. The van der Waals surface area contributed by atoms with E-state index in [0.717, 1.165) is 5.56 Å². The van der Waals surface area contributed by atoms with Crippen LogP contribution in [0.3, 0.4) is 0 Å². The van der Waals surface area contributed by atoms with Gasteiger partial charge in [-0.15, -0.1) is 0 Å². The summed E-state index contributed by atoms with van der Waals surface area (Å²) in [5.74, 6) is -0.772. The number of hydrogen-bond acceptors (Lipinski definition) is 6. The molecule has 0 unspecified atom stereocenters. The molecule has 0 aromatic heterocycles. The van der Waals surface area contributed by atoms with Crippen LogP contribution < -0.4 is 0 Å². The van der Waals surface area contributed by atoms with E-state index in [0.29, 0.717) is 18.8 Å². The van der Waals surface area contributed by atoms with Crippen LogP contribution in [0.1, 0.15) is 27.9 Å². The van der Waals surface area contributed by atoms with Crippen LogP contribution in [-0.4, -0.2) is 69.5 Å². The van der Waals surface area contributed by atoms with Gasteiger partial charge in [0.1, 0.15) is 0 Å². The highest BCUT2D eigenvalue weighted by molar-refractivity contribution is 7.89. The lowest BCUT2D eigenvalue weighted by molar-refractivity contribution is -0.140. The van der Waals surface area contributed by atoms with E-state index in [4.69, 9.17) is 9.47 Å². The van der Waals surface area contributed by atoms with E-state index >= 15 is 0 Å². The second-order valence-electron chi connectivity index (χ2n) is 7.54. The van der Waals surface area contributed by atoms with E-state index in [1.807, 2.05) is 30.3 Å². The Hall–Kier alpha value is -2.75. The van der Waals surface area contributed by atoms with Gasteiger partial charge in [-0.3, -0.25) is 9.59 Å². The van der Waals surface area contributed by atoms with E-state index < -0.39 is 16.0 Å². The number of benzene rings is 2. The Kier molecular flexibility index (Phi) is 8.00. The van der Waals surface area contributed by atoms with E-state index in [2.05, 4.69) is 0 Å². The van der Waals surface area contributed by atoms with Crippen molar-refractivity contribution < 1.29 is 27.5 Å². The molecule has 32 heavy (non-hydrogen) atoms. The number of aryl methyl sites for hydroxylation is 1. The minimum atomic E-state index is -3.75. The second kappa shape index (κ2) is 10.7. The zero-order valence-corrected chi connectivity index (χ0v) is 19.1. The molecule has 9 heteroatoms. The van der Waals surface area contributed by atoms with Gasteiger partial charge in [0.15, 0.2) is 0 Å². The molecule has 1 saturated heterocycles. The Bertz CT molecular complexity index is 1050. The molecule has 2 aromatic rings. The van der Waals surface area contributed by atoms with E-state index in [9.17, 15) is 18.0 Å². The van der Waals surface area contributed by atoms with Gasteiger partial charge in [-0.2, -0.15) is 4.31 Å². The van der Waals surface area contributed by atoms with Gasteiger partial charge in [-0.25, -0.2) is 8.42 Å². The summed E-state index contributed by atoms with van der Waals surface area (Å²) in [6.45, 7) is 3.39. The van der Waals surface area contributed by atoms with Gasteiger partial charge in [0.25, 0.3) is 5.91 Å². The fraction of sp³-hybridized carbons (Fsp3) is 0.391. The Morgan fingerprint density at radius 1 is 1.09 bits per heavy atom. The molecule has 0 atom stereocenters. The Balaban J connectivity index is 1.89. The average molecular weight is 461 g/mol. The predicted molar refractivity (Wildman–Crippen MR) is 119 cm³/mol.